The molecule has 0 spiro atoms. The van der Waals surface area contributed by atoms with Crippen LogP contribution in [-0.4, -0.2) is 18.7 Å². The van der Waals surface area contributed by atoms with E-state index in [1.165, 1.54) is 11.1 Å². The molecular formula is C21H34O3S. The molecule has 0 radical (unpaired) electrons. The first-order chi connectivity index (χ1) is 11.5. The smallest absolute Gasteiger partial charge is 0.264 e. The van der Waals surface area contributed by atoms with E-state index in [2.05, 4.69) is 71.0 Å². The van der Waals surface area contributed by atoms with E-state index in [1.807, 2.05) is 0 Å². The molecule has 1 atom stereocenters. The van der Waals surface area contributed by atoms with Crippen LogP contribution >= 0.6 is 0 Å². The minimum Gasteiger partial charge on any atom is -0.286 e. The average molecular weight is 367 g/mol. The molecule has 0 amide bonds. The Hall–Kier alpha value is -1.13. The first kappa shape index (κ1) is 21.9. The highest BCUT2D eigenvalue weighted by Crippen LogP contribution is 2.24. The third-order valence-corrected chi connectivity index (χ3v) is 5.14. The normalized spacial score (nSPS) is 14.4. The second kappa shape index (κ2) is 9.54. The highest BCUT2D eigenvalue weighted by molar-refractivity contribution is 7.85. The number of hydrogen-bond donors (Lipinski definition) is 1. The van der Waals surface area contributed by atoms with Crippen LogP contribution in [0.15, 0.2) is 30.3 Å². The van der Waals surface area contributed by atoms with Crippen LogP contribution < -0.4 is 0 Å². The lowest BCUT2D eigenvalue weighted by Crippen LogP contribution is -2.10. The van der Waals surface area contributed by atoms with Gasteiger partial charge in [0.25, 0.3) is 10.1 Å². The molecule has 0 saturated heterocycles. The first-order valence-corrected chi connectivity index (χ1v) is 10.8. The molecule has 1 aromatic carbocycles. The summed E-state index contributed by atoms with van der Waals surface area (Å²) >= 11 is 0. The number of unbranched alkanes of at least 4 members (excludes halogenated alkanes) is 1. The topological polar surface area (TPSA) is 54.4 Å². The molecule has 0 fully saturated rings. The second-order valence-electron chi connectivity index (χ2n) is 8.40. The minimum atomic E-state index is -3.83. The number of allylic oxidation sites excluding steroid dienone is 1. The molecule has 0 aromatic heterocycles. The third kappa shape index (κ3) is 9.81. The van der Waals surface area contributed by atoms with Crippen LogP contribution in [0.5, 0.6) is 0 Å². The Morgan fingerprint density at radius 1 is 1.08 bits per heavy atom. The number of rotatable bonds is 9. The van der Waals surface area contributed by atoms with Crippen molar-refractivity contribution in [3.8, 4) is 0 Å². The van der Waals surface area contributed by atoms with Crippen molar-refractivity contribution in [1.29, 1.82) is 0 Å². The Labute approximate surface area is 154 Å². The van der Waals surface area contributed by atoms with E-state index >= 15 is 0 Å². The van der Waals surface area contributed by atoms with Gasteiger partial charge in [0.2, 0.25) is 0 Å². The molecule has 0 bridgehead atoms. The molecule has 0 aliphatic heterocycles. The summed E-state index contributed by atoms with van der Waals surface area (Å²) in [6, 6.07) is 8.68. The van der Waals surface area contributed by atoms with Crippen molar-refractivity contribution in [3.05, 3.63) is 41.5 Å². The van der Waals surface area contributed by atoms with Gasteiger partial charge in [0.15, 0.2) is 0 Å². The molecule has 1 unspecified atom stereocenters. The lowest BCUT2D eigenvalue weighted by Gasteiger charge is -2.19. The van der Waals surface area contributed by atoms with Gasteiger partial charge in [0.05, 0.1) is 5.75 Å². The minimum absolute atomic E-state index is 0.140. The molecule has 1 rings (SSSR count). The van der Waals surface area contributed by atoms with Crippen molar-refractivity contribution in [2.24, 2.45) is 11.8 Å². The van der Waals surface area contributed by atoms with Crippen molar-refractivity contribution >= 4 is 16.2 Å². The van der Waals surface area contributed by atoms with Gasteiger partial charge in [-0.1, -0.05) is 77.5 Å². The van der Waals surface area contributed by atoms with E-state index in [9.17, 15) is 8.42 Å². The summed E-state index contributed by atoms with van der Waals surface area (Å²) in [6.07, 6.45) is 7.78. The molecule has 0 aliphatic carbocycles. The summed E-state index contributed by atoms with van der Waals surface area (Å²) in [5, 5.41) is 0. The summed E-state index contributed by atoms with van der Waals surface area (Å²) in [4.78, 5) is 0. The molecular weight excluding hydrogens is 332 g/mol. The Balaban J connectivity index is 2.65. The first-order valence-electron chi connectivity index (χ1n) is 9.21. The van der Waals surface area contributed by atoms with Gasteiger partial charge in [-0.2, -0.15) is 8.42 Å². The van der Waals surface area contributed by atoms with Gasteiger partial charge in [-0.05, 0) is 47.6 Å². The fraction of sp³-hybridized carbons (Fsp3) is 0.619. The van der Waals surface area contributed by atoms with E-state index in [-0.39, 0.29) is 11.2 Å². The van der Waals surface area contributed by atoms with Gasteiger partial charge in [-0.25, -0.2) is 0 Å². The highest BCUT2D eigenvalue weighted by atomic mass is 32.2. The van der Waals surface area contributed by atoms with Gasteiger partial charge in [-0.3, -0.25) is 4.55 Å². The Bertz CT molecular complexity index is 635. The van der Waals surface area contributed by atoms with Gasteiger partial charge >= 0.3 is 0 Å². The van der Waals surface area contributed by atoms with E-state index in [0.29, 0.717) is 18.3 Å². The summed E-state index contributed by atoms with van der Waals surface area (Å²) in [5.74, 6) is 0.891. The van der Waals surface area contributed by atoms with Crippen LogP contribution in [0.1, 0.15) is 71.4 Å². The zero-order valence-electron chi connectivity index (χ0n) is 16.3. The van der Waals surface area contributed by atoms with E-state index in [1.54, 1.807) is 0 Å². The fourth-order valence-electron chi connectivity index (χ4n) is 2.93. The molecule has 0 aliphatic rings. The SMILES string of the molecule is CC(C)CC(C=Cc1ccc(C(C)(C)C)cc1)CCCCS(=O)(=O)O. The average Bonchev–Trinajstić information content (AvgIpc) is 2.47. The van der Waals surface area contributed by atoms with E-state index < -0.39 is 10.1 Å². The molecule has 0 saturated carbocycles. The quantitative estimate of drug-likeness (QED) is 0.449. The van der Waals surface area contributed by atoms with Crippen molar-refractivity contribution in [1.82, 2.24) is 0 Å². The highest BCUT2D eigenvalue weighted by Gasteiger charge is 2.13. The van der Waals surface area contributed by atoms with Crippen molar-refractivity contribution < 1.29 is 13.0 Å². The monoisotopic (exact) mass is 366 g/mol. The standard InChI is InChI=1S/C21H34O3S/c1-17(2)16-19(8-6-7-15-25(22,23)24)10-9-18-11-13-20(14-12-18)21(3,4)5/h9-14,17,19H,6-8,15-16H2,1-5H3,(H,22,23,24). The van der Waals surface area contributed by atoms with Crippen LogP contribution in [0.2, 0.25) is 0 Å². The Morgan fingerprint density at radius 2 is 1.68 bits per heavy atom. The van der Waals surface area contributed by atoms with Gasteiger partial charge in [-0.15, -0.1) is 0 Å². The maximum Gasteiger partial charge on any atom is 0.264 e. The van der Waals surface area contributed by atoms with E-state index in [0.717, 1.165) is 19.3 Å². The van der Waals surface area contributed by atoms with Crippen LogP contribution in [0.25, 0.3) is 6.08 Å². The lowest BCUT2D eigenvalue weighted by molar-refractivity contribution is 0.436. The number of benzene rings is 1. The van der Waals surface area contributed by atoms with Crippen LogP contribution in [0, 0.1) is 11.8 Å². The predicted octanol–water partition coefficient (Wildman–Crippen LogP) is 5.72. The second-order valence-corrected chi connectivity index (χ2v) is 9.97. The Morgan fingerprint density at radius 3 is 2.16 bits per heavy atom. The van der Waals surface area contributed by atoms with Crippen LogP contribution in [0.4, 0.5) is 0 Å². The molecule has 4 heteroatoms. The maximum absolute atomic E-state index is 10.8. The molecule has 1 aromatic rings. The molecule has 0 heterocycles. The van der Waals surface area contributed by atoms with Crippen LogP contribution in [-0.2, 0) is 15.5 Å². The zero-order valence-corrected chi connectivity index (χ0v) is 17.1. The zero-order chi connectivity index (χ0) is 19.1. The fourth-order valence-corrected chi connectivity index (χ4v) is 3.50. The van der Waals surface area contributed by atoms with E-state index in [4.69, 9.17) is 4.55 Å². The lowest BCUT2D eigenvalue weighted by atomic mass is 9.86. The van der Waals surface area contributed by atoms with Crippen LogP contribution in [0.3, 0.4) is 0 Å². The summed E-state index contributed by atoms with van der Waals surface area (Å²) < 4.78 is 30.4. The molecule has 3 nitrogen and oxygen atoms in total. The summed E-state index contributed by atoms with van der Waals surface area (Å²) in [6.45, 7) is 11.0. The van der Waals surface area contributed by atoms with Crippen molar-refractivity contribution in [2.45, 2.75) is 65.7 Å². The van der Waals surface area contributed by atoms with Gasteiger partial charge in [0.1, 0.15) is 0 Å². The Kier molecular flexibility index (Phi) is 8.36. The van der Waals surface area contributed by atoms with Crippen molar-refractivity contribution in [3.63, 3.8) is 0 Å². The number of hydrogen-bond acceptors (Lipinski definition) is 2. The summed E-state index contributed by atoms with van der Waals surface area (Å²) in [7, 11) is -3.83. The third-order valence-electron chi connectivity index (χ3n) is 4.34. The van der Waals surface area contributed by atoms with Gasteiger partial charge < -0.3 is 0 Å². The predicted molar refractivity (Wildman–Crippen MR) is 107 cm³/mol. The molecule has 142 valence electrons. The summed E-state index contributed by atoms with van der Waals surface area (Å²) in [5.41, 5.74) is 2.68. The molecule has 1 N–H and O–H groups in total. The largest absolute Gasteiger partial charge is 0.286 e. The maximum atomic E-state index is 10.8. The van der Waals surface area contributed by atoms with Gasteiger partial charge in [0, 0.05) is 0 Å². The van der Waals surface area contributed by atoms with Crippen molar-refractivity contribution in [2.75, 3.05) is 5.75 Å². The molecule has 25 heavy (non-hydrogen) atoms.